The van der Waals surface area contributed by atoms with Gasteiger partial charge in [0.15, 0.2) is 5.70 Å². The summed E-state index contributed by atoms with van der Waals surface area (Å²) in [5, 5.41) is 29.0. The van der Waals surface area contributed by atoms with E-state index in [0.29, 0.717) is 16.1 Å². The highest BCUT2D eigenvalue weighted by molar-refractivity contribution is 5.86. The lowest BCUT2D eigenvalue weighted by Gasteiger charge is -2.22. The lowest BCUT2D eigenvalue weighted by Crippen LogP contribution is -2.25. The molecule has 0 spiro atoms. The summed E-state index contributed by atoms with van der Waals surface area (Å²) >= 11 is 0. The van der Waals surface area contributed by atoms with Crippen LogP contribution in [0.3, 0.4) is 0 Å². The van der Waals surface area contributed by atoms with E-state index < -0.39 is 6.09 Å². The molecule has 0 fully saturated rings. The molecule has 98 valence electrons. The van der Waals surface area contributed by atoms with Gasteiger partial charge in [-0.25, -0.2) is 9.86 Å². The van der Waals surface area contributed by atoms with E-state index in [0.717, 1.165) is 24.6 Å². The highest BCUT2D eigenvalue weighted by atomic mass is 16.5. The number of para-hydroxylation sites is 2. The topological polar surface area (TPSA) is 101 Å². The highest BCUT2D eigenvalue weighted by Gasteiger charge is 2.24. The summed E-state index contributed by atoms with van der Waals surface area (Å²) in [5.74, 6) is 0. The molecule has 1 amide bonds. The maximum absolute atomic E-state index is 11.7. The molecule has 0 aliphatic carbocycles. The molecule has 0 atom stereocenters. The van der Waals surface area contributed by atoms with E-state index in [9.17, 15) is 15.2 Å². The molecule has 0 radical (unpaired) electrons. The number of nitrogens with zero attached hydrogens (tertiary/aromatic N) is 4. The highest BCUT2D eigenvalue weighted by Crippen LogP contribution is 2.31. The third kappa shape index (κ3) is 2.58. The van der Waals surface area contributed by atoms with Gasteiger partial charge in [0.2, 0.25) is 11.9 Å². The number of fused-ring (bicyclic) bond motifs is 1. The lowest BCUT2D eigenvalue weighted by atomic mass is 10.2. The van der Waals surface area contributed by atoms with Crippen LogP contribution in [0.5, 0.6) is 0 Å². The normalized spacial score (nSPS) is 16.4. The summed E-state index contributed by atoms with van der Waals surface area (Å²) in [6, 6.07) is 6.49. The van der Waals surface area contributed by atoms with Gasteiger partial charge in [-0.1, -0.05) is 17.2 Å². The number of methoxy groups -OCH3 is 1. The number of amides is 1. The van der Waals surface area contributed by atoms with Gasteiger partial charge in [0.25, 0.3) is 0 Å². The number of ether oxygens (including phenoxy) is 1. The number of hydrogen-bond donors (Lipinski definition) is 1. The zero-order valence-corrected chi connectivity index (χ0v) is 9.92. The Morgan fingerprint density at radius 2 is 2.26 bits per heavy atom. The molecule has 1 heterocycles. The van der Waals surface area contributed by atoms with E-state index in [4.69, 9.17) is 0 Å². The molecule has 1 aromatic carbocycles. The first-order chi connectivity index (χ1) is 9.13. The zero-order valence-electron chi connectivity index (χ0n) is 9.92. The molecule has 0 saturated carbocycles. The third-order valence-corrected chi connectivity index (χ3v) is 2.35. The summed E-state index contributed by atoms with van der Waals surface area (Å²) in [4.78, 5) is 10.7. The van der Waals surface area contributed by atoms with E-state index in [1.54, 1.807) is 24.3 Å². The fraction of sp³-hybridized carbons (Fsp3) is 0.0909. The van der Waals surface area contributed by atoms with Gasteiger partial charge in [-0.05, 0) is 6.07 Å². The fourth-order valence-corrected chi connectivity index (χ4v) is 1.48. The molecule has 8 heteroatoms. The van der Waals surface area contributed by atoms with Crippen molar-refractivity contribution in [1.82, 2.24) is 0 Å². The Bertz CT molecular complexity index is 594. The van der Waals surface area contributed by atoms with Crippen LogP contribution < -0.4 is 5.06 Å². The predicted octanol–water partition coefficient (Wildman–Crippen LogP) is 2.17. The Labute approximate surface area is 108 Å². The number of anilines is 1. The van der Waals surface area contributed by atoms with Crippen LogP contribution in [-0.2, 0) is 4.74 Å². The number of hydrogen-bond acceptors (Lipinski definition) is 6. The Morgan fingerprint density at radius 3 is 3.00 bits per heavy atom. The van der Waals surface area contributed by atoms with Crippen LogP contribution in [-0.4, -0.2) is 29.4 Å². The minimum Gasteiger partial charge on any atom is -0.618 e. The van der Waals surface area contributed by atoms with Crippen molar-refractivity contribution in [3.8, 4) is 0 Å². The van der Waals surface area contributed by atoms with Crippen LogP contribution in [0.15, 0.2) is 46.4 Å². The van der Waals surface area contributed by atoms with Crippen molar-refractivity contribution >= 4 is 23.7 Å². The molecule has 1 aliphatic heterocycles. The van der Waals surface area contributed by atoms with Crippen LogP contribution >= 0.6 is 0 Å². The second-order valence-electron chi connectivity index (χ2n) is 3.49. The predicted molar refractivity (Wildman–Crippen MR) is 65.4 cm³/mol. The maximum Gasteiger partial charge on any atom is 0.452 e. The zero-order chi connectivity index (χ0) is 13.8. The van der Waals surface area contributed by atoms with Crippen LogP contribution in [0.25, 0.3) is 0 Å². The van der Waals surface area contributed by atoms with Crippen molar-refractivity contribution in [3.05, 3.63) is 41.4 Å². The van der Waals surface area contributed by atoms with Gasteiger partial charge in [-0.3, -0.25) is 5.21 Å². The summed E-state index contributed by atoms with van der Waals surface area (Å²) in [5.41, 5.74) is 0.674. The van der Waals surface area contributed by atoms with E-state index >= 15 is 0 Å². The molecule has 1 aromatic rings. The molecule has 1 aliphatic rings. The number of rotatable bonds is 1. The van der Waals surface area contributed by atoms with E-state index in [2.05, 4.69) is 15.0 Å². The Morgan fingerprint density at radius 1 is 1.53 bits per heavy atom. The average Bonchev–Trinajstić information content (AvgIpc) is 2.44. The summed E-state index contributed by atoms with van der Waals surface area (Å²) in [6.07, 6.45) is 1.30. The van der Waals surface area contributed by atoms with Crippen molar-refractivity contribution in [1.29, 1.82) is 0 Å². The number of azo groups is 1. The number of allylic oxidation sites excluding steroid dienone is 1. The van der Waals surface area contributed by atoms with Crippen molar-refractivity contribution in [2.24, 2.45) is 10.2 Å². The number of hydroxylamine groups is 1. The number of benzene rings is 1. The van der Waals surface area contributed by atoms with Gasteiger partial charge >= 0.3 is 6.09 Å². The smallest absolute Gasteiger partial charge is 0.452 e. The Hall–Kier alpha value is -2.74. The van der Waals surface area contributed by atoms with E-state index in [1.807, 2.05) is 0 Å². The van der Waals surface area contributed by atoms with Crippen LogP contribution in [0.1, 0.15) is 0 Å². The first-order valence-corrected chi connectivity index (χ1v) is 5.21. The minimum atomic E-state index is -0.878. The van der Waals surface area contributed by atoms with E-state index in [-0.39, 0.29) is 5.70 Å². The molecule has 0 bridgehead atoms. The number of carbonyl (C=O) groups excluding carboxylic acids is 1. The SMILES string of the molecule is COC(=O)/N=N/C=C1\C=[N+]([O-])c2ccccc2N1O. The molecule has 0 saturated heterocycles. The standard InChI is InChI=1S/C11H10N4O4/c1-19-11(16)13-12-6-8-7-14(17)9-4-2-3-5-10(9)15(8)18/h2-7,18H,1H3/b8-6+,13-12+. The van der Waals surface area contributed by atoms with Crippen molar-refractivity contribution in [2.75, 3.05) is 12.2 Å². The summed E-state index contributed by atoms with van der Waals surface area (Å²) < 4.78 is 4.84. The second kappa shape index (κ2) is 5.27. The number of carbonyl (C=O) groups is 1. The molecule has 0 aromatic heterocycles. The van der Waals surface area contributed by atoms with Crippen LogP contribution in [0.2, 0.25) is 0 Å². The van der Waals surface area contributed by atoms with Crippen molar-refractivity contribution in [3.63, 3.8) is 0 Å². The van der Waals surface area contributed by atoms with Crippen LogP contribution in [0, 0.1) is 5.21 Å². The van der Waals surface area contributed by atoms with Gasteiger partial charge in [-0.2, -0.15) is 4.74 Å². The molecular formula is C11H10N4O4. The largest absolute Gasteiger partial charge is 0.618 e. The fourth-order valence-electron chi connectivity index (χ4n) is 1.48. The maximum atomic E-state index is 11.7. The molecule has 19 heavy (non-hydrogen) atoms. The van der Waals surface area contributed by atoms with Gasteiger partial charge in [0.1, 0.15) is 5.69 Å². The molecule has 8 nitrogen and oxygen atoms in total. The Balaban J connectivity index is 2.31. The van der Waals surface area contributed by atoms with Crippen molar-refractivity contribution in [2.45, 2.75) is 0 Å². The van der Waals surface area contributed by atoms with Crippen LogP contribution in [0.4, 0.5) is 16.2 Å². The first kappa shape index (κ1) is 12.7. The molecule has 0 unspecified atom stereocenters. The monoisotopic (exact) mass is 262 g/mol. The minimum absolute atomic E-state index is 0.0707. The van der Waals surface area contributed by atoms with Gasteiger partial charge in [0, 0.05) is 6.07 Å². The molecular weight excluding hydrogens is 252 g/mol. The van der Waals surface area contributed by atoms with Gasteiger partial charge in [-0.15, -0.1) is 5.11 Å². The van der Waals surface area contributed by atoms with Gasteiger partial charge in [0.05, 0.1) is 13.3 Å². The molecule has 2 rings (SSSR count). The Kier molecular flexibility index (Phi) is 3.53. The third-order valence-electron chi connectivity index (χ3n) is 2.35. The molecule has 1 N–H and O–H groups in total. The first-order valence-electron chi connectivity index (χ1n) is 5.21. The summed E-state index contributed by atoms with van der Waals surface area (Å²) in [6.45, 7) is 0. The summed E-state index contributed by atoms with van der Waals surface area (Å²) in [7, 11) is 1.16. The van der Waals surface area contributed by atoms with Gasteiger partial charge < -0.3 is 9.94 Å². The quantitative estimate of drug-likeness (QED) is 0.475. The van der Waals surface area contributed by atoms with Crippen molar-refractivity contribution < 1.29 is 19.5 Å². The lowest BCUT2D eigenvalue weighted by molar-refractivity contribution is -0.355. The second-order valence-corrected chi connectivity index (χ2v) is 3.49. The van der Waals surface area contributed by atoms with E-state index in [1.165, 1.54) is 0 Å². The average molecular weight is 262 g/mol.